The van der Waals surface area contributed by atoms with Crippen molar-refractivity contribution in [3.05, 3.63) is 27.7 Å². The molecule has 18 heavy (non-hydrogen) atoms. The van der Waals surface area contributed by atoms with E-state index in [9.17, 15) is 0 Å². The number of aliphatic imine (C=N–C) groups is 1. The van der Waals surface area contributed by atoms with Crippen LogP contribution in [0.5, 0.6) is 0 Å². The van der Waals surface area contributed by atoms with Gasteiger partial charge in [-0.05, 0) is 47.0 Å². The van der Waals surface area contributed by atoms with Crippen molar-refractivity contribution < 1.29 is 0 Å². The number of rotatable bonds is 3. The molecule has 1 aliphatic heterocycles. The van der Waals surface area contributed by atoms with Crippen molar-refractivity contribution in [2.75, 3.05) is 11.1 Å². The number of anilines is 1. The number of nitrogens with one attached hydrogen (secondary N) is 1. The van der Waals surface area contributed by atoms with E-state index < -0.39 is 0 Å². The largest absolute Gasteiger partial charge is 0.335 e. The molecular formula is C13H16BrClN2S. The topological polar surface area (TPSA) is 24.4 Å². The van der Waals surface area contributed by atoms with Crippen LogP contribution in [0.3, 0.4) is 0 Å². The maximum Gasteiger partial charge on any atom is 0.161 e. The summed E-state index contributed by atoms with van der Waals surface area (Å²) in [5.74, 6) is 1.06. The van der Waals surface area contributed by atoms with E-state index in [0.29, 0.717) is 5.02 Å². The van der Waals surface area contributed by atoms with Crippen molar-refractivity contribution in [2.24, 2.45) is 4.99 Å². The molecule has 0 amide bonds. The van der Waals surface area contributed by atoms with Crippen molar-refractivity contribution in [1.82, 2.24) is 0 Å². The first-order valence-corrected chi connectivity index (χ1v) is 8.19. The molecule has 0 unspecified atom stereocenters. The number of thioether (sulfide) groups is 1. The van der Waals surface area contributed by atoms with E-state index in [0.717, 1.165) is 33.9 Å². The Balaban J connectivity index is 2.13. The zero-order valence-electron chi connectivity index (χ0n) is 10.5. The van der Waals surface area contributed by atoms with E-state index in [-0.39, 0.29) is 5.54 Å². The lowest BCUT2D eigenvalue weighted by Gasteiger charge is -2.20. The average Bonchev–Trinajstić information content (AvgIpc) is 2.78. The summed E-state index contributed by atoms with van der Waals surface area (Å²) in [5, 5.41) is 5.05. The van der Waals surface area contributed by atoms with E-state index in [1.54, 1.807) is 11.8 Å². The second-order valence-electron chi connectivity index (χ2n) is 4.39. The molecule has 0 saturated heterocycles. The van der Waals surface area contributed by atoms with Crippen LogP contribution in [0.4, 0.5) is 5.69 Å². The minimum atomic E-state index is 0.117. The van der Waals surface area contributed by atoms with Crippen molar-refractivity contribution in [1.29, 1.82) is 0 Å². The van der Waals surface area contributed by atoms with Gasteiger partial charge in [-0.15, -0.1) is 0 Å². The normalized spacial score (nSPS) is 17.7. The van der Waals surface area contributed by atoms with Gasteiger partial charge in [-0.1, -0.05) is 37.2 Å². The van der Waals surface area contributed by atoms with Gasteiger partial charge >= 0.3 is 0 Å². The summed E-state index contributed by atoms with van der Waals surface area (Å²) in [6.45, 7) is 4.40. The summed E-state index contributed by atoms with van der Waals surface area (Å²) < 4.78 is 0.909. The molecule has 0 saturated carbocycles. The highest BCUT2D eigenvalue weighted by Gasteiger charge is 2.32. The standard InChI is InChI=1S/C13H16BrClN2S/c1-3-13(4-2)8-18-12(17-13)16-9-5-6-10(14)11(15)7-9/h5-7H,3-4,8H2,1-2H3,(H,16,17). The summed E-state index contributed by atoms with van der Waals surface area (Å²) in [5.41, 5.74) is 1.10. The van der Waals surface area contributed by atoms with Crippen LogP contribution in [0.2, 0.25) is 5.02 Å². The van der Waals surface area contributed by atoms with Crippen LogP contribution in [0.25, 0.3) is 0 Å². The predicted octanol–water partition coefficient (Wildman–Crippen LogP) is 5.18. The first kappa shape index (κ1) is 14.2. The number of amidine groups is 1. The number of halogens is 2. The van der Waals surface area contributed by atoms with Crippen molar-refractivity contribution in [3.8, 4) is 0 Å². The molecule has 1 N–H and O–H groups in total. The molecule has 0 aliphatic carbocycles. The van der Waals surface area contributed by atoms with Crippen LogP contribution in [-0.4, -0.2) is 16.5 Å². The lowest BCUT2D eigenvalue weighted by atomic mass is 9.97. The lowest BCUT2D eigenvalue weighted by Crippen LogP contribution is -2.24. The molecule has 0 bridgehead atoms. The molecule has 0 aromatic heterocycles. The van der Waals surface area contributed by atoms with Gasteiger partial charge in [0.05, 0.1) is 10.6 Å². The highest BCUT2D eigenvalue weighted by atomic mass is 79.9. The first-order valence-electron chi connectivity index (χ1n) is 6.03. The lowest BCUT2D eigenvalue weighted by molar-refractivity contribution is 0.456. The summed E-state index contributed by atoms with van der Waals surface area (Å²) in [6, 6.07) is 5.85. The third kappa shape index (κ3) is 3.03. The monoisotopic (exact) mass is 346 g/mol. The van der Waals surface area contributed by atoms with Crippen LogP contribution in [0.1, 0.15) is 26.7 Å². The van der Waals surface area contributed by atoms with E-state index in [4.69, 9.17) is 16.6 Å². The van der Waals surface area contributed by atoms with Crippen LogP contribution >= 0.6 is 39.3 Å². The van der Waals surface area contributed by atoms with Crippen LogP contribution in [-0.2, 0) is 0 Å². The van der Waals surface area contributed by atoms with Gasteiger partial charge in [-0.25, -0.2) is 0 Å². The van der Waals surface area contributed by atoms with Gasteiger partial charge in [0.1, 0.15) is 0 Å². The van der Waals surface area contributed by atoms with Gasteiger partial charge in [0.25, 0.3) is 0 Å². The van der Waals surface area contributed by atoms with Crippen molar-refractivity contribution >= 4 is 50.1 Å². The Morgan fingerprint density at radius 1 is 1.44 bits per heavy atom. The molecule has 1 heterocycles. The van der Waals surface area contributed by atoms with Gasteiger partial charge in [0, 0.05) is 15.9 Å². The van der Waals surface area contributed by atoms with Gasteiger partial charge < -0.3 is 5.32 Å². The summed E-state index contributed by atoms with van der Waals surface area (Å²) in [6.07, 6.45) is 2.17. The molecule has 1 aliphatic rings. The molecule has 2 nitrogen and oxygen atoms in total. The molecule has 0 atom stereocenters. The number of hydrogen-bond acceptors (Lipinski definition) is 3. The Morgan fingerprint density at radius 3 is 2.72 bits per heavy atom. The van der Waals surface area contributed by atoms with Crippen LogP contribution in [0, 0.1) is 0 Å². The average molecular weight is 348 g/mol. The zero-order valence-corrected chi connectivity index (χ0v) is 13.6. The van der Waals surface area contributed by atoms with Crippen LogP contribution in [0.15, 0.2) is 27.7 Å². The Labute approximate surface area is 126 Å². The first-order chi connectivity index (χ1) is 8.58. The van der Waals surface area contributed by atoms with Gasteiger partial charge in [0.2, 0.25) is 0 Å². The Hall–Kier alpha value is -0.190. The molecule has 0 spiro atoms. The highest BCUT2D eigenvalue weighted by Crippen LogP contribution is 2.34. The minimum absolute atomic E-state index is 0.117. The fourth-order valence-corrected chi connectivity index (χ4v) is 3.61. The molecule has 5 heteroatoms. The molecule has 1 aromatic rings. The predicted molar refractivity (Wildman–Crippen MR) is 86.0 cm³/mol. The number of benzene rings is 1. The quantitative estimate of drug-likeness (QED) is 0.815. The van der Waals surface area contributed by atoms with E-state index >= 15 is 0 Å². The fourth-order valence-electron chi connectivity index (χ4n) is 1.86. The smallest absolute Gasteiger partial charge is 0.161 e. The van der Waals surface area contributed by atoms with Gasteiger partial charge in [0.15, 0.2) is 5.17 Å². The second kappa shape index (κ2) is 5.85. The second-order valence-corrected chi connectivity index (χ2v) is 6.62. The summed E-state index contributed by atoms with van der Waals surface area (Å²) in [7, 11) is 0. The Morgan fingerprint density at radius 2 is 2.17 bits per heavy atom. The zero-order chi connectivity index (χ0) is 13.2. The highest BCUT2D eigenvalue weighted by molar-refractivity contribution is 9.10. The summed E-state index contributed by atoms with van der Waals surface area (Å²) >= 11 is 11.3. The maximum atomic E-state index is 6.08. The minimum Gasteiger partial charge on any atom is -0.335 e. The SMILES string of the molecule is CCC1(CC)CSC(Nc2ccc(Br)c(Cl)c2)=N1. The van der Waals surface area contributed by atoms with E-state index in [1.807, 2.05) is 18.2 Å². The maximum absolute atomic E-state index is 6.08. The fraction of sp³-hybridized carbons (Fsp3) is 0.462. The van der Waals surface area contributed by atoms with E-state index in [2.05, 4.69) is 35.1 Å². The molecule has 98 valence electrons. The summed E-state index contributed by atoms with van der Waals surface area (Å²) in [4.78, 5) is 4.82. The molecule has 1 aromatic carbocycles. The number of nitrogens with zero attached hydrogens (tertiary/aromatic N) is 1. The van der Waals surface area contributed by atoms with Crippen molar-refractivity contribution in [2.45, 2.75) is 32.2 Å². The Bertz CT molecular complexity index is 472. The Kier molecular flexibility index (Phi) is 4.62. The van der Waals surface area contributed by atoms with Gasteiger partial charge in [-0.3, -0.25) is 4.99 Å². The van der Waals surface area contributed by atoms with Crippen LogP contribution < -0.4 is 5.32 Å². The third-order valence-corrected chi connectivity index (χ3v) is 5.68. The number of hydrogen-bond donors (Lipinski definition) is 1. The molecular weight excluding hydrogens is 332 g/mol. The third-order valence-electron chi connectivity index (χ3n) is 3.30. The van der Waals surface area contributed by atoms with Gasteiger partial charge in [-0.2, -0.15) is 0 Å². The van der Waals surface area contributed by atoms with Crippen molar-refractivity contribution in [3.63, 3.8) is 0 Å². The molecule has 0 fully saturated rings. The molecule has 2 rings (SSSR count). The molecule has 0 radical (unpaired) electrons. The van der Waals surface area contributed by atoms with E-state index in [1.165, 1.54) is 0 Å².